The van der Waals surface area contributed by atoms with Gasteiger partial charge in [0, 0.05) is 28.8 Å². The van der Waals surface area contributed by atoms with E-state index in [0.717, 1.165) is 40.1 Å². The van der Waals surface area contributed by atoms with Crippen molar-refractivity contribution in [1.82, 2.24) is 10.3 Å². The van der Waals surface area contributed by atoms with Gasteiger partial charge < -0.3 is 5.32 Å². The molecule has 1 N–H and O–H groups in total. The normalized spacial score (nSPS) is 12.4. The Bertz CT molecular complexity index is 601. The largest absolute Gasteiger partial charge is 0.310 e. The number of benzene rings is 1. The Morgan fingerprint density at radius 3 is 2.81 bits per heavy atom. The number of nitrogens with one attached hydrogen (secondary N) is 1. The van der Waals surface area contributed by atoms with E-state index in [1.165, 1.54) is 5.56 Å². The van der Waals surface area contributed by atoms with Crippen LogP contribution in [0.2, 0.25) is 5.02 Å². The van der Waals surface area contributed by atoms with Crippen molar-refractivity contribution < 1.29 is 0 Å². The van der Waals surface area contributed by atoms with Crippen molar-refractivity contribution in [3.8, 4) is 0 Å². The van der Waals surface area contributed by atoms with E-state index in [-0.39, 0.29) is 6.04 Å². The van der Waals surface area contributed by atoms with Gasteiger partial charge in [-0.2, -0.15) is 0 Å². The average Bonchev–Trinajstić information content (AvgIpc) is 2.48. The second kappa shape index (κ2) is 7.92. The van der Waals surface area contributed by atoms with Crippen LogP contribution in [-0.4, -0.2) is 11.5 Å². The first kappa shape index (κ1) is 16.5. The molecule has 0 bridgehead atoms. The Balaban J connectivity index is 2.30. The molecule has 2 aromatic rings. The van der Waals surface area contributed by atoms with E-state index in [1.54, 1.807) is 0 Å². The molecule has 0 saturated carbocycles. The SMILES string of the molecule is CCCNC(Cc1ncccc1C)c1cccc(Br)c1Cl. The topological polar surface area (TPSA) is 24.9 Å². The molecule has 1 aromatic heterocycles. The lowest BCUT2D eigenvalue weighted by Crippen LogP contribution is -2.25. The van der Waals surface area contributed by atoms with E-state index in [0.29, 0.717) is 0 Å². The van der Waals surface area contributed by atoms with Crippen LogP contribution in [0.4, 0.5) is 0 Å². The first-order valence-electron chi connectivity index (χ1n) is 7.21. The van der Waals surface area contributed by atoms with E-state index < -0.39 is 0 Å². The molecule has 0 radical (unpaired) electrons. The molecule has 0 spiro atoms. The Hall–Kier alpha value is -0.900. The summed E-state index contributed by atoms with van der Waals surface area (Å²) in [7, 11) is 0. The molecule has 1 unspecified atom stereocenters. The Morgan fingerprint density at radius 1 is 1.29 bits per heavy atom. The molecule has 2 nitrogen and oxygen atoms in total. The minimum absolute atomic E-state index is 0.170. The smallest absolute Gasteiger partial charge is 0.0595 e. The van der Waals surface area contributed by atoms with Crippen molar-refractivity contribution in [1.29, 1.82) is 0 Å². The third-order valence-electron chi connectivity index (χ3n) is 3.51. The van der Waals surface area contributed by atoms with Gasteiger partial charge >= 0.3 is 0 Å². The van der Waals surface area contributed by atoms with Gasteiger partial charge in [0.2, 0.25) is 0 Å². The molecule has 0 amide bonds. The lowest BCUT2D eigenvalue weighted by Gasteiger charge is -2.21. The lowest BCUT2D eigenvalue weighted by molar-refractivity contribution is 0.523. The standard InChI is InChI=1S/C17H20BrClN2/c1-3-9-20-16(11-15-12(2)6-5-10-21-15)13-7-4-8-14(18)17(13)19/h4-8,10,16,20H,3,9,11H2,1-2H3. The Morgan fingerprint density at radius 2 is 2.10 bits per heavy atom. The molecule has 1 aromatic carbocycles. The molecule has 1 atom stereocenters. The predicted octanol–water partition coefficient (Wildman–Crippen LogP) is 5.09. The zero-order valence-electron chi connectivity index (χ0n) is 12.4. The summed E-state index contributed by atoms with van der Waals surface area (Å²) in [4.78, 5) is 4.51. The van der Waals surface area contributed by atoms with E-state index >= 15 is 0 Å². The maximum atomic E-state index is 6.47. The molecule has 0 saturated heterocycles. The summed E-state index contributed by atoms with van der Waals surface area (Å²) in [6.45, 7) is 5.22. The highest BCUT2D eigenvalue weighted by Crippen LogP contribution is 2.31. The van der Waals surface area contributed by atoms with Crippen LogP contribution in [0.1, 0.15) is 36.2 Å². The molecule has 2 rings (SSSR count). The highest BCUT2D eigenvalue weighted by Gasteiger charge is 2.17. The van der Waals surface area contributed by atoms with Gasteiger partial charge in [0.15, 0.2) is 0 Å². The number of hydrogen-bond acceptors (Lipinski definition) is 2. The third kappa shape index (κ3) is 4.29. The van der Waals surface area contributed by atoms with Crippen molar-refractivity contribution >= 4 is 27.5 Å². The van der Waals surface area contributed by atoms with Gasteiger partial charge in [0.05, 0.1) is 5.02 Å². The first-order valence-corrected chi connectivity index (χ1v) is 8.38. The minimum Gasteiger partial charge on any atom is -0.310 e. The number of halogens is 2. The van der Waals surface area contributed by atoms with Crippen LogP contribution in [0.5, 0.6) is 0 Å². The van der Waals surface area contributed by atoms with E-state index in [9.17, 15) is 0 Å². The molecule has 0 aliphatic carbocycles. The number of pyridine rings is 1. The van der Waals surface area contributed by atoms with Crippen LogP contribution in [0, 0.1) is 6.92 Å². The van der Waals surface area contributed by atoms with Crippen molar-refractivity contribution in [3.63, 3.8) is 0 Å². The first-order chi connectivity index (χ1) is 10.1. The summed E-state index contributed by atoms with van der Waals surface area (Å²) >= 11 is 9.97. The van der Waals surface area contributed by atoms with Gasteiger partial charge in [-0.3, -0.25) is 4.98 Å². The van der Waals surface area contributed by atoms with Crippen molar-refractivity contribution in [2.24, 2.45) is 0 Å². The molecule has 0 fully saturated rings. The molecule has 1 heterocycles. The fourth-order valence-corrected chi connectivity index (χ4v) is 2.96. The summed E-state index contributed by atoms with van der Waals surface area (Å²) < 4.78 is 0.933. The van der Waals surface area contributed by atoms with Crippen molar-refractivity contribution in [2.45, 2.75) is 32.7 Å². The molecule has 4 heteroatoms. The molecule has 0 aliphatic rings. The number of rotatable bonds is 6. The van der Waals surface area contributed by atoms with E-state index in [2.05, 4.69) is 52.2 Å². The van der Waals surface area contributed by atoms with Crippen LogP contribution < -0.4 is 5.32 Å². The van der Waals surface area contributed by atoms with Crippen LogP contribution in [0.25, 0.3) is 0 Å². The molecule has 0 aliphatic heterocycles. The fourth-order valence-electron chi connectivity index (χ4n) is 2.33. The zero-order valence-corrected chi connectivity index (χ0v) is 14.7. The van der Waals surface area contributed by atoms with Gasteiger partial charge in [-0.25, -0.2) is 0 Å². The summed E-state index contributed by atoms with van der Waals surface area (Å²) in [5.74, 6) is 0. The predicted molar refractivity (Wildman–Crippen MR) is 92.9 cm³/mol. The van der Waals surface area contributed by atoms with Crippen LogP contribution in [0.15, 0.2) is 41.0 Å². The summed E-state index contributed by atoms with van der Waals surface area (Å²) in [5, 5.41) is 4.36. The van der Waals surface area contributed by atoms with Crippen LogP contribution in [0.3, 0.4) is 0 Å². The maximum absolute atomic E-state index is 6.47. The summed E-state index contributed by atoms with van der Waals surface area (Å²) in [5.41, 5.74) is 3.44. The van der Waals surface area contributed by atoms with Gasteiger partial charge in [-0.05, 0) is 59.1 Å². The zero-order chi connectivity index (χ0) is 15.2. The van der Waals surface area contributed by atoms with E-state index in [4.69, 9.17) is 11.6 Å². The van der Waals surface area contributed by atoms with Crippen molar-refractivity contribution in [2.75, 3.05) is 6.54 Å². The summed E-state index contributed by atoms with van der Waals surface area (Å²) in [6, 6.07) is 10.3. The Kier molecular flexibility index (Phi) is 6.22. The number of aromatic nitrogens is 1. The number of hydrogen-bond donors (Lipinski definition) is 1. The van der Waals surface area contributed by atoms with Crippen molar-refractivity contribution in [3.05, 3.63) is 62.8 Å². The van der Waals surface area contributed by atoms with E-state index in [1.807, 2.05) is 24.4 Å². The maximum Gasteiger partial charge on any atom is 0.0595 e. The molecule has 112 valence electrons. The number of aryl methyl sites for hydroxylation is 1. The number of nitrogens with zero attached hydrogens (tertiary/aromatic N) is 1. The quantitative estimate of drug-likeness (QED) is 0.769. The average molecular weight is 368 g/mol. The Labute approximate surface area is 140 Å². The van der Waals surface area contributed by atoms with Crippen LogP contribution in [-0.2, 0) is 6.42 Å². The molecular formula is C17H20BrClN2. The highest BCUT2D eigenvalue weighted by atomic mass is 79.9. The summed E-state index contributed by atoms with van der Waals surface area (Å²) in [6.07, 6.45) is 3.77. The second-order valence-corrected chi connectivity index (χ2v) is 6.35. The van der Waals surface area contributed by atoms with Gasteiger partial charge in [-0.1, -0.05) is 36.7 Å². The van der Waals surface area contributed by atoms with Crippen LogP contribution >= 0.6 is 27.5 Å². The third-order valence-corrected chi connectivity index (χ3v) is 4.82. The van der Waals surface area contributed by atoms with Gasteiger partial charge in [0.25, 0.3) is 0 Å². The monoisotopic (exact) mass is 366 g/mol. The molecular weight excluding hydrogens is 348 g/mol. The molecule has 21 heavy (non-hydrogen) atoms. The fraction of sp³-hybridized carbons (Fsp3) is 0.353. The minimum atomic E-state index is 0.170. The van der Waals surface area contributed by atoms with Gasteiger partial charge in [0.1, 0.15) is 0 Å². The van der Waals surface area contributed by atoms with Gasteiger partial charge in [-0.15, -0.1) is 0 Å². The second-order valence-electron chi connectivity index (χ2n) is 5.12. The highest BCUT2D eigenvalue weighted by molar-refractivity contribution is 9.10. The lowest BCUT2D eigenvalue weighted by atomic mass is 9.99.